The van der Waals surface area contributed by atoms with E-state index in [0.29, 0.717) is 31.9 Å². The number of rotatable bonds is 8. The zero-order valence-electron chi connectivity index (χ0n) is 11.8. The van der Waals surface area contributed by atoms with E-state index in [9.17, 15) is 8.42 Å². The van der Waals surface area contributed by atoms with Crippen molar-refractivity contribution in [2.45, 2.75) is 19.9 Å². The summed E-state index contributed by atoms with van der Waals surface area (Å²) in [4.78, 5) is 3.98. The van der Waals surface area contributed by atoms with Crippen LogP contribution in [0.15, 0.2) is 18.3 Å². The molecule has 0 saturated carbocycles. The van der Waals surface area contributed by atoms with Gasteiger partial charge in [-0.3, -0.25) is 0 Å². The SMILES string of the molecule is CCN(CCCNCc1cccnc1C#N)S(C)(=O)=O. The molecule has 110 valence electrons. The molecule has 20 heavy (non-hydrogen) atoms. The maximum absolute atomic E-state index is 11.4. The van der Waals surface area contributed by atoms with Gasteiger partial charge in [-0.2, -0.15) is 5.26 Å². The van der Waals surface area contributed by atoms with Crippen LogP contribution in [0.1, 0.15) is 24.6 Å². The van der Waals surface area contributed by atoms with Gasteiger partial charge in [-0.25, -0.2) is 17.7 Å². The number of hydrogen-bond acceptors (Lipinski definition) is 5. The Bertz CT molecular complexity index is 566. The Kier molecular flexibility index (Phi) is 6.58. The molecule has 6 nitrogen and oxygen atoms in total. The first-order valence-corrected chi connectivity index (χ1v) is 8.33. The van der Waals surface area contributed by atoms with E-state index in [2.05, 4.69) is 10.3 Å². The number of nitrogens with one attached hydrogen (secondary N) is 1. The molecule has 0 bridgehead atoms. The van der Waals surface area contributed by atoms with Gasteiger partial charge in [-0.15, -0.1) is 0 Å². The average Bonchev–Trinajstić information content (AvgIpc) is 2.41. The summed E-state index contributed by atoms with van der Waals surface area (Å²) in [5.41, 5.74) is 1.27. The minimum absolute atomic E-state index is 0.423. The quantitative estimate of drug-likeness (QED) is 0.714. The topological polar surface area (TPSA) is 86.1 Å². The molecule has 0 radical (unpaired) electrons. The van der Waals surface area contributed by atoms with Crippen molar-refractivity contribution in [1.29, 1.82) is 5.26 Å². The Balaban J connectivity index is 2.34. The lowest BCUT2D eigenvalue weighted by molar-refractivity contribution is 0.419. The van der Waals surface area contributed by atoms with Crippen LogP contribution in [0.2, 0.25) is 0 Å². The van der Waals surface area contributed by atoms with Crippen molar-refractivity contribution in [2.24, 2.45) is 0 Å². The maximum atomic E-state index is 11.4. The molecule has 1 rings (SSSR count). The van der Waals surface area contributed by atoms with Crippen LogP contribution < -0.4 is 5.32 Å². The van der Waals surface area contributed by atoms with E-state index >= 15 is 0 Å². The summed E-state index contributed by atoms with van der Waals surface area (Å²) in [5.74, 6) is 0. The third-order valence-corrected chi connectivity index (χ3v) is 4.27. The minimum Gasteiger partial charge on any atom is -0.313 e. The van der Waals surface area contributed by atoms with Crippen molar-refractivity contribution in [3.8, 4) is 6.07 Å². The number of nitriles is 1. The fourth-order valence-corrected chi connectivity index (χ4v) is 2.77. The number of nitrogens with zero attached hydrogens (tertiary/aromatic N) is 3. The van der Waals surface area contributed by atoms with Gasteiger partial charge in [0, 0.05) is 31.4 Å². The lowest BCUT2D eigenvalue weighted by atomic mass is 10.2. The lowest BCUT2D eigenvalue weighted by Crippen LogP contribution is -2.32. The molecular weight excluding hydrogens is 276 g/mol. The fourth-order valence-electron chi connectivity index (χ4n) is 1.84. The van der Waals surface area contributed by atoms with E-state index in [1.165, 1.54) is 10.6 Å². The summed E-state index contributed by atoms with van der Waals surface area (Å²) in [6.07, 6.45) is 3.54. The summed E-state index contributed by atoms with van der Waals surface area (Å²) in [5, 5.41) is 12.1. The number of hydrogen-bond donors (Lipinski definition) is 1. The van der Waals surface area contributed by atoms with E-state index in [0.717, 1.165) is 12.0 Å². The molecule has 0 aliphatic carbocycles. The summed E-state index contributed by atoms with van der Waals surface area (Å²) in [6, 6.07) is 5.69. The predicted octanol–water partition coefficient (Wildman–Crippen LogP) is 0.714. The highest BCUT2D eigenvalue weighted by Crippen LogP contribution is 2.03. The van der Waals surface area contributed by atoms with Gasteiger partial charge in [0.2, 0.25) is 10.0 Å². The molecule has 0 aliphatic heterocycles. The molecule has 0 amide bonds. The van der Waals surface area contributed by atoms with Crippen LogP contribution in [0.25, 0.3) is 0 Å². The van der Waals surface area contributed by atoms with Gasteiger partial charge < -0.3 is 5.32 Å². The molecular formula is C13H20N4O2S. The van der Waals surface area contributed by atoms with E-state index in [1.54, 1.807) is 12.3 Å². The van der Waals surface area contributed by atoms with Crippen molar-refractivity contribution >= 4 is 10.0 Å². The second-order valence-corrected chi connectivity index (χ2v) is 6.39. The van der Waals surface area contributed by atoms with Gasteiger partial charge in [0.15, 0.2) is 0 Å². The number of sulfonamides is 1. The van der Waals surface area contributed by atoms with Crippen LogP contribution in [0.4, 0.5) is 0 Å². The second kappa shape index (κ2) is 7.94. The second-order valence-electron chi connectivity index (χ2n) is 4.41. The molecule has 0 aliphatic rings. The summed E-state index contributed by atoms with van der Waals surface area (Å²) >= 11 is 0. The Morgan fingerprint density at radius 2 is 2.25 bits per heavy atom. The van der Waals surface area contributed by atoms with Gasteiger partial charge >= 0.3 is 0 Å². The first-order chi connectivity index (χ1) is 9.49. The third kappa shape index (κ3) is 5.25. The Morgan fingerprint density at radius 1 is 1.50 bits per heavy atom. The molecule has 1 N–H and O–H groups in total. The zero-order chi connectivity index (χ0) is 15.0. The fraction of sp³-hybridized carbons (Fsp3) is 0.538. The monoisotopic (exact) mass is 296 g/mol. The van der Waals surface area contributed by atoms with Gasteiger partial charge in [-0.1, -0.05) is 13.0 Å². The summed E-state index contributed by atoms with van der Waals surface area (Å²) in [6.45, 7) is 4.05. The molecule has 7 heteroatoms. The summed E-state index contributed by atoms with van der Waals surface area (Å²) in [7, 11) is -3.11. The highest BCUT2D eigenvalue weighted by Gasteiger charge is 2.12. The van der Waals surface area contributed by atoms with Gasteiger partial charge in [0.05, 0.1) is 6.26 Å². The predicted molar refractivity (Wildman–Crippen MR) is 77.4 cm³/mol. The first-order valence-electron chi connectivity index (χ1n) is 6.49. The van der Waals surface area contributed by atoms with E-state index < -0.39 is 10.0 Å². The van der Waals surface area contributed by atoms with E-state index in [-0.39, 0.29) is 0 Å². The molecule has 0 spiro atoms. The van der Waals surface area contributed by atoms with Crippen molar-refractivity contribution < 1.29 is 8.42 Å². The standard InChI is InChI=1S/C13H20N4O2S/c1-3-17(20(2,18)19)9-5-7-15-11-12-6-4-8-16-13(12)10-14/h4,6,8,15H,3,5,7,9,11H2,1-2H3. The average molecular weight is 296 g/mol. The van der Waals surface area contributed by atoms with Crippen molar-refractivity contribution in [3.05, 3.63) is 29.6 Å². The highest BCUT2D eigenvalue weighted by atomic mass is 32.2. The van der Waals surface area contributed by atoms with Gasteiger partial charge in [0.1, 0.15) is 11.8 Å². The van der Waals surface area contributed by atoms with E-state index in [1.807, 2.05) is 19.1 Å². The molecule has 0 fully saturated rings. The van der Waals surface area contributed by atoms with Gasteiger partial charge in [0.25, 0.3) is 0 Å². The van der Waals surface area contributed by atoms with E-state index in [4.69, 9.17) is 5.26 Å². The molecule has 0 aromatic carbocycles. The maximum Gasteiger partial charge on any atom is 0.211 e. The molecule has 1 aromatic heterocycles. The molecule has 0 unspecified atom stereocenters. The number of aromatic nitrogens is 1. The van der Waals surface area contributed by atoms with Crippen molar-refractivity contribution in [2.75, 3.05) is 25.9 Å². The Hall–Kier alpha value is -1.49. The normalized spacial score (nSPS) is 11.5. The highest BCUT2D eigenvalue weighted by molar-refractivity contribution is 7.88. The zero-order valence-corrected chi connectivity index (χ0v) is 12.7. The smallest absolute Gasteiger partial charge is 0.211 e. The molecule has 1 heterocycles. The van der Waals surface area contributed by atoms with Crippen molar-refractivity contribution in [1.82, 2.24) is 14.6 Å². The van der Waals surface area contributed by atoms with Crippen LogP contribution >= 0.6 is 0 Å². The van der Waals surface area contributed by atoms with Crippen LogP contribution in [0, 0.1) is 11.3 Å². The molecule has 0 atom stereocenters. The van der Waals surface area contributed by atoms with Gasteiger partial charge in [-0.05, 0) is 19.0 Å². The molecule has 1 aromatic rings. The number of pyridine rings is 1. The van der Waals surface area contributed by atoms with Crippen LogP contribution in [-0.2, 0) is 16.6 Å². The molecule has 0 saturated heterocycles. The Morgan fingerprint density at radius 3 is 2.85 bits per heavy atom. The Labute approximate surface area is 120 Å². The minimum atomic E-state index is -3.11. The largest absolute Gasteiger partial charge is 0.313 e. The van der Waals surface area contributed by atoms with Crippen LogP contribution in [0.5, 0.6) is 0 Å². The lowest BCUT2D eigenvalue weighted by Gasteiger charge is -2.17. The first kappa shape index (κ1) is 16.6. The van der Waals surface area contributed by atoms with Crippen LogP contribution in [-0.4, -0.2) is 43.6 Å². The van der Waals surface area contributed by atoms with Crippen LogP contribution in [0.3, 0.4) is 0 Å². The summed E-state index contributed by atoms with van der Waals surface area (Å²) < 4.78 is 24.2. The third-order valence-electron chi connectivity index (χ3n) is 2.90. The van der Waals surface area contributed by atoms with Crippen molar-refractivity contribution in [3.63, 3.8) is 0 Å².